The van der Waals surface area contributed by atoms with Gasteiger partial charge in [-0.3, -0.25) is 29.5 Å². The monoisotopic (exact) mass is 893 g/mol. The molecule has 3 heterocycles. The Morgan fingerprint density at radius 2 is 1.59 bits per heavy atom. The minimum atomic E-state index is -4.76. The van der Waals surface area contributed by atoms with Crippen LogP contribution in [-0.4, -0.2) is 45.8 Å². The van der Waals surface area contributed by atoms with Gasteiger partial charge >= 0.3 is 6.18 Å². The molecule has 4 amide bonds. The van der Waals surface area contributed by atoms with E-state index >= 15 is 4.79 Å². The zero-order valence-corrected chi connectivity index (χ0v) is 34.7. The number of hydrazine groups is 1. The van der Waals surface area contributed by atoms with Crippen LogP contribution in [0.5, 0.6) is 11.5 Å². The molecule has 320 valence electrons. The second-order valence-corrected chi connectivity index (χ2v) is 16.6. The van der Waals surface area contributed by atoms with E-state index in [0.29, 0.717) is 39.7 Å². The molecule has 11 nitrogen and oxygen atoms in total. The summed E-state index contributed by atoms with van der Waals surface area (Å²) >= 11 is 12.7. The lowest BCUT2D eigenvalue weighted by Crippen LogP contribution is -2.54. The summed E-state index contributed by atoms with van der Waals surface area (Å²) in [5, 5.41) is 14.2. The topological polar surface area (TPSA) is 141 Å². The van der Waals surface area contributed by atoms with E-state index in [1.807, 2.05) is 36.4 Å². The van der Waals surface area contributed by atoms with Crippen LogP contribution in [0.1, 0.15) is 29.5 Å². The van der Waals surface area contributed by atoms with E-state index in [0.717, 1.165) is 16.4 Å². The summed E-state index contributed by atoms with van der Waals surface area (Å²) in [6.45, 7) is 0. The molecule has 1 saturated carbocycles. The maximum Gasteiger partial charge on any atom is 0.417 e. The molecule has 16 heteroatoms. The van der Waals surface area contributed by atoms with Crippen LogP contribution < -0.4 is 20.4 Å². The summed E-state index contributed by atoms with van der Waals surface area (Å²) < 4.78 is 46.0. The summed E-state index contributed by atoms with van der Waals surface area (Å²) in [7, 11) is 1.40. The van der Waals surface area contributed by atoms with Crippen molar-refractivity contribution in [2.24, 2.45) is 29.6 Å². The Balaban J connectivity index is 1.14. The van der Waals surface area contributed by atoms with Crippen molar-refractivity contribution in [3.8, 4) is 11.5 Å². The number of aromatic hydroxyl groups is 1. The van der Waals surface area contributed by atoms with E-state index in [4.69, 9.17) is 27.9 Å². The van der Waals surface area contributed by atoms with Crippen LogP contribution in [0, 0.1) is 29.6 Å². The number of carbonyl (C=O) groups excluding carboxylic acids is 4. The van der Waals surface area contributed by atoms with Crippen molar-refractivity contribution < 1.29 is 42.2 Å². The third-order valence-electron chi connectivity index (χ3n) is 12.5. The van der Waals surface area contributed by atoms with Crippen molar-refractivity contribution in [3.63, 3.8) is 0 Å². The second-order valence-electron chi connectivity index (χ2n) is 15.8. The zero-order chi connectivity index (χ0) is 44.4. The summed E-state index contributed by atoms with van der Waals surface area (Å²) in [6, 6.07) is 28.2. The van der Waals surface area contributed by atoms with Gasteiger partial charge in [-0.25, -0.2) is 4.98 Å². The number of halogens is 5. The van der Waals surface area contributed by atoms with Gasteiger partial charge < -0.3 is 15.2 Å². The molecule has 6 atom stereocenters. The van der Waals surface area contributed by atoms with E-state index in [1.165, 1.54) is 18.1 Å². The van der Waals surface area contributed by atoms with Crippen molar-refractivity contribution in [2.75, 3.05) is 22.8 Å². The predicted octanol–water partition coefficient (Wildman–Crippen LogP) is 9.60. The Morgan fingerprint density at radius 3 is 2.27 bits per heavy atom. The van der Waals surface area contributed by atoms with Crippen LogP contribution in [-0.2, 0) is 30.8 Å². The van der Waals surface area contributed by atoms with Gasteiger partial charge in [0.1, 0.15) is 0 Å². The first kappa shape index (κ1) is 41.7. The number of para-hydroxylation sites is 1. The first-order chi connectivity index (χ1) is 30.2. The Labute approximate surface area is 368 Å². The number of allylic oxidation sites excluding steroid dienone is 3. The van der Waals surface area contributed by atoms with Crippen LogP contribution in [0.2, 0.25) is 10.0 Å². The molecule has 2 aliphatic carbocycles. The maximum atomic E-state index is 15.4. The first-order valence-corrected chi connectivity index (χ1v) is 20.6. The van der Waals surface area contributed by atoms with Gasteiger partial charge in [0.05, 0.1) is 46.6 Å². The number of rotatable bonds is 9. The lowest BCUT2D eigenvalue weighted by Gasteiger charge is -2.49. The van der Waals surface area contributed by atoms with Crippen LogP contribution in [0.25, 0.3) is 6.08 Å². The number of pyridine rings is 1. The number of anilines is 4. The van der Waals surface area contributed by atoms with E-state index in [-0.39, 0.29) is 36.1 Å². The zero-order valence-electron chi connectivity index (χ0n) is 33.1. The molecule has 0 unspecified atom stereocenters. The maximum absolute atomic E-state index is 15.4. The fourth-order valence-electron chi connectivity index (χ4n) is 9.67. The van der Waals surface area contributed by atoms with Crippen molar-refractivity contribution in [1.82, 2.24) is 9.99 Å². The van der Waals surface area contributed by atoms with Crippen LogP contribution in [0.4, 0.5) is 36.1 Å². The number of phenols is 1. The smallest absolute Gasteiger partial charge is 0.417 e. The highest BCUT2D eigenvalue weighted by Gasteiger charge is 2.69. The van der Waals surface area contributed by atoms with Gasteiger partial charge in [-0.05, 0) is 96.6 Å². The Morgan fingerprint density at radius 1 is 0.873 bits per heavy atom. The number of ether oxygens (including phenoxy) is 1. The molecule has 0 radical (unpaired) electrons. The van der Waals surface area contributed by atoms with Crippen LogP contribution in [0.3, 0.4) is 0 Å². The highest BCUT2D eigenvalue weighted by molar-refractivity contribution is 6.33. The van der Waals surface area contributed by atoms with Crippen molar-refractivity contribution >= 4 is 75.8 Å². The van der Waals surface area contributed by atoms with Gasteiger partial charge in [0.15, 0.2) is 17.3 Å². The third kappa shape index (κ3) is 7.07. The molecule has 2 aliphatic heterocycles. The number of carbonyl (C=O) groups is 4. The van der Waals surface area contributed by atoms with Crippen molar-refractivity contribution in [3.05, 3.63) is 154 Å². The van der Waals surface area contributed by atoms with Crippen LogP contribution in [0.15, 0.2) is 127 Å². The number of nitrogens with zero attached hydrogens (tertiary/aromatic N) is 3. The SMILES string of the molecule is COc1cc(C=C[C@H]2C3=CC[C@@H]4C(=O)N(c5ccc(Nc6ccccc6)cc5)C(=O)[C@@H]4[C@@H]3C[C@H]3C(=O)N(Nc4ncc(C(F)(F)F)cc4Cl)C(=O)[C@@]23c2ccc(Cl)cc2)ccc1O. The number of benzene rings is 4. The quantitative estimate of drug-likeness (QED) is 0.0975. The molecule has 3 N–H and O–H groups in total. The molecule has 63 heavy (non-hydrogen) atoms. The fraction of sp³-hybridized carbons (Fsp3) is 0.213. The summed E-state index contributed by atoms with van der Waals surface area (Å²) in [6.07, 6.45) is 1.27. The number of hydrogen-bond acceptors (Lipinski definition) is 9. The number of methoxy groups -OCH3 is 1. The molecule has 1 aromatic heterocycles. The van der Waals surface area contributed by atoms with Gasteiger partial charge in [0.2, 0.25) is 11.8 Å². The van der Waals surface area contributed by atoms with Crippen molar-refractivity contribution in [1.29, 1.82) is 0 Å². The lowest BCUT2D eigenvalue weighted by atomic mass is 9.50. The van der Waals surface area contributed by atoms with E-state index in [9.17, 15) is 32.7 Å². The van der Waals surface area contributed by atoms with E-state index in [1.54, 1.807) is 72.8 Å². The molecule has 0 bridgehead atoms. The van der Waals surface area contributed by atoms with Crippen molar-refractivity contribution in [2.45, 2.75) is 24.4 Å². The fourth-order valence-corrected chi connectivity index (χ4v) is 10.0. The molecular weight excluding hydrogens is 858 g/mol. The molecule has 9 rings (SSSR count). The highest BCUT2D eigenvalue weighted by Crippen LogP contribution is 2.62. The summed E-state index contributed by atoms with van der Waals surface area (Å²) in [5.74, 6) is -7.10. The largest absolute Gasteiger partial charge is 0.504 e. The average Bonchev–Trinajstić information content (AvgIpc) is 3.65. The van der Waals surface area contributed by atoms with Gasteiger partial charge in [-0.1, -0.05) is 83.4 Å². The van der Waals surface area contributed by atoms with Gasteiger partial charge in [0.25, 0.3) is 11.8 Å². The average molecular weight is 895 g/mol. The second kappa shape index (κ2) is 15.9. The van der Waals surface area contributed by atoms with E-state index in [2.05, 4.69) is 15.7 Å². The van der Waals surface area contributed by atoms with Crippen LogP contribution >= 0.6 is 23.2 Å². The number of nitrogens with one attached hydrogen (secondary N) is 2. The van der Waals surface area contributed by atoms with Gasteiger partial charge in [-0.2, -0.15) is 18.2 Å². The number of amides is 4. The summed E-state index contributed by atoms with van der Waals surface area (Å²) in [4.78, 5) is 64.4. The Bertz CT molecular complexity index is 2730. The number of imide groups is 2. The minimum Gasteiger partial charge on any atom is -0.504 e. The predicted molar refractivity (Wildman–Crippen MR) is 230 cm³/mol. The number of phenolic OH excluding ortho intramolecular Hbond substituents is 1. The summed E-state index contributed by atoms with van der Waals surface area (Å²) in [5.41, 5.74) is 3.40. The molecule has 3 fully saturated rings. The van der Waals surface area contributed by atoms with Gasteiger partial charge in [0, 0.05) is 28.5 Å². The Kier molecular flexibility index (Phi) is 10.5. The molecule has 2 saturated heterocycles. The molecule has 5 aromatic rings. The van der Waals surface area contributed by atoms with Gasteiger partial charge in [-0.15, -0.1) is 0 Å². The number of aromatic nitrogens is 1. The molecule has 0 spiro atoms. The standard InChI is InChI=1S/C47H36Cl2F3N5O6/c1-63-39-21-25(8-20-38(39)58)7-19-35-32-17-18-33-40(44(61)56(42(33)59)31-15-13-30(14-16-31)54-29-5-3-2-4-6-29)34(32)23-36-43(60)57(45(62)46(35,36)26-9-11-28(48)12-10-26)55-41-37(49)22-27(24-53-41)47(50,51)52/h2-17,19-22,24,33-36,40,54,58H,18,23H2,1H3,(H,53,55)/t33-,34+,35-,36-,40-,46-/m0/s1. The van der Waals surface area contributed by atoms with E-state index < -0.39 is 69.5 Å². The number of alkyl halides is 3. The Hall–Kier alpha value is -6.64. The number of fused-ring (bicyclic) bond motifs is 4. The first-order valence-electron chi connectivity index (χ1n) is 19.9. The lowest BCUT2D eigenvalue weighted by molar-refractivity contribution is -0.139. The minimum absolute atomic E-state index is 0.0449. The normalized spacial score (nSPS) is 24.3. The highest BCUT2D eigenvalue weighted by atomic mass is 35.5. The molecule has 4 aromatic carbocycles. The third-order valence-corrected chi connectivity index (χ3v) is 13.0. The molecular formula is C47H36Cl2F3N5O6. The number of hydrogen-bond donors (Lipinski definition) is 3. The molecule has 4 aliphatic rings.